The molecule has 0 aliphatic carbocycles. The minimum atomic E-state index is -1.28. The molecule has 0 fully saturated rings. The van der Waals surface area contributed by atoms with Crippen LogP contribution in [0.3, 0.4) is 0 Å². The highest BCUT2D eigenvalue weighted by atomic mass is 127. The number of para-hydroxylation sites is 1. The molecule has 1 heterocycles. The summed E-state index contributed by atoms with van der Waals surface area (Å²) in [6.07, 6.45) is 0. The Morgan fingerprint density at radius 3 is 1.75 bits per heavy atom. The molecule has 0 amide bonds. The summed E-state index contributed by atoms with van der Waals surface area (Å²) in [5, 5.41) is 29.2. The fourth-order valence-electron chi connectivity index (χ4n) is 3.05. The molecule has 3 N–H and O–H groups in total. The zero-order chi connectivity index (χ0) is 22.8. The number of phenolic OH excluding ortho intramolecular Hbond substituents is 1. The van der Waals surface area contributed by atoms with E-state index in [1.807, 2.05) is 24.3 Å². The van der Waals surface area contributed by atoms with E-state index in [0.717, 1.165) is 9.64 Å². The Balaban J connectivity index is 2.01. The van der Waals surface area contributed by atoms with E-state index in [1.54, 1.807) is 18.2 Å². The predicted octanol–water partition coefficient (Wildman–Crippen LogP) is 4.58. The molecule has 32 heavy (non-hydrogen) atoms. The molecule has 1 aromatic heterocycles. The minimum absolute atomic E-state index is 0.0381. The van der Waals surface area contributed by atoms with Crippen LogP contribution < -0.4 is 0 Å². The van der Waals surface area contributed by atoms with Crippen molar-refractivity contribution in [1.29, 1.82) is 0 Å². The van der Waals surface area contributed by atoms with Crippen LogP contribution in [0.2, 0.25) is 0 Å². The number of carboxylic acids is 2. The van der Waals surface area contributed by atoms with Gasteiger partial charge < -0.3 is 15.3 Å². The topological polar surface area (TPSA) is 134 Å². The van der Waals surface area contributed by atoms with E-state index in [2.05, 4.69) is 37.5 Å². The van der Waals surface area contributed by atoms with E-state index in [-0.39, 0.29) is 34.1 Å². The number of aromatic hydroxyl groups is 1. The first-order chi connectivity index (χ1) is 15.3. The molecular weight excluding hydrogens is 525 g/mol. The van der Waals surface area contributed by atoms with E-state index in [9.17, 15) is 24.9 Å². The van der Waals surface area contributed by atoms with Gasteiger partial charge in [-0.1, -0.05) is 30.3 Å². The van der Waals surface area contributed by atoms with Crippen LogP contribution in [0.1, 0.15) is 20.7 Å². The standard InChI is InChI=1S/C23H14IN3O5/c24-17-7-3-1-5-15(17)20-25-19(26-21(27-20)16-6-2-4-8-18(16)28)12-9-13(22(29)30)11-14(10-12)23(31)32/h1-11,28H,(H,29,30)(H,31,32). The summed E-state index contributed by atoms with van der Waals surface area (Å²) < 4.78 is 0.871. The molecule has 4 rings (SSSR count). The summed E-state index contributed by atoms with van der Waals surface area (Å²) in [5.74, 6) is -2.04. The fraction of sp³-hybridized carbons (Fsp3) is 0. The molecule has 8 nitrogen and oxygen atoms in total. The van der Waals surface area contributed by atoms with Crippen LogP contribution >= 0.6 is 22.6 Å². The van der Waals surface area contributed by atoms with Gasteiger partial charge in [0.15, 0.2) is 17.5 Å². The molecule has 9 heteroatoms. The monoisotopic (exact) mass is 539 g/mol. The van der Waals surface area contributed by atoms with Crippen molar-refractivity contribution in [3.05, 3.63) is 81.4 Å². The number of phenols is 1. The van der Waals surface area contributed by atoms with Crippen LogP contribution in [0, 0.1) is 3.57 Å². The molecule has 0 saturated heterocycles. The molecule has 0 saturated carbocycles. The summed E-state index contributed by atoms with van der Waals surface area (Å²) in [6, 6.07) is 17.6. The lowest BCUT2D eigenvalue weighted by Gasteiger charge is -2.11. The summed E-state index contributed by atoms with van der Waals surface area (Å²) >= 11 is 2.15. The third-order valence-corrected chi connectivity index (χ3v) is 5.52. The maximum absolute atomic E-state index is 11.5. The van der Waals surface area contributed by atoms with Crippen LogP contribution in [0.5, 0.6) is 5.75 Å². The number of aromatic carboxylic acids is 2. The van der Waals surface area contributed by atoms with E-state index < -0.39 is 11.9 Å². The molecule has 0 aliphatic heterocycles. The number of benzene rings is 3. The van der Waals surface area contributed by atoms with Gasteiger partial charge in [0.25, 0.3) is 0 Å². The molecule has 0 unspecified atom stereocenters. The van der Waals surface area contributed by atoms with Crippen LogP contribution in [0.25, 0.3) is 34.2 Å². The molecule has 0 radical (unpaired) electrons. The SMILES string of the molecule is O=C(O)c1cc(C(=O)O)cc(-c2nc(-c3ccccc3O)nc(-c3ccccc3I)n2)c1. The van der Waals surface area contributed by atoms with Crippen LogP contribution in [0.15, 0.2) is 66.7 Å². The van der Waals surface area contributed by atoms with Crippen molar-refractivity contribution in [2.24, 2.45) is 0 Å². The Morgan fingerprint density at radius 2 is 1.19 bits per heavy atom. The zero-order valence-corrected chi connectivity index (χ0v) is 18.4. The average Bonchev–Trinajstić information content (AvgIpc) is 2.79. The smallest absolute Gasteiger partial charge is 0.335 e. The first-order valence-corrected chi connectivity index (χ1v) is 10.3. The van der Waals surface area contributed by atoms with Gasteiger partial charge in [0.1, 0.15) is 5.75 Å². The summed E-state index contributed by atoms with van der Waals surface area (Å²) in [7, 11) is 0. The molecule has 0 atom stereocenters. The quantitative estimate of drug-likeness (QED) is 0.314. The number of carboxylic acid groups (broad SMARTS) is 2. The first-order valence-electron chi connectivity index (χ1n) is 9.25. The average molecular weight is 539 g/mol. The van der Waals surface area contributed by atoms with E-state index in [0.29, 0.717) is 17.0 Å². The molecular formula is C23H14IN3O5. The van der Waals surface area contributed by atoms with Crippen molar-refractivity contribution >= 4 is 34.5 Å². The lowest BCUT2D eigenvalue weighted by Crippen LogP contribution is -2.05. The number of halogens is 1. The van der Waals surface area contributed by atoms with Crippen molar-refractivity contribution < 1.29 is 24.9 Å². The summed E-state index contributed by atoms with van der Waals surface area (Å²) in [6.45, 7) is 0. The third kappa shape index (κ3) is 4.28. The lowest BCUT2D eigenvalue weighted by molar-refractivity contribution is 0.0696. The summed E-state index contributed by atoms with van der Waals surface area (Å²) in [4.78, 5) is 36.5. The fourth-order valence-corrected chi connectivity index (χ4v) is 3.68. The highest BCUT2D eigenvalue weighted by Crippen LogP contribution is 2.31. The van der Waals surface area contributed by atoms with Gasteiger partial charge in [-0.25, -0.2) is 24.5 Å². The van der Waals surface area contributed by atoms with Crippen LogP contribution in [0.4, 0.5) is 0 Å². The van der Waals surface area contributed by atoms with Crippen molar-refractivity contribution in [2.75, 3.05) is 0 Å². The highest BCUT2D eigenvalue weighted by Gasteiger charge is 2.18. The molecule has 3 aromatic carbocycles. The van der Waals surface area contributed by atoms with Crippen molar-refractivity contribution in [1.82, 2.24) is 15.0 Å². The second-order valence-electron chi connectivity index (χ2n) is 6.71. The lowest BCUT2D eigenvalue weighted by atomic mass is 10.0. The minimum Gasteiger partial charge on any atom is -0.507 e. The van der Waals surface area contributed by atoms with Gasteiger partial charge in [0, 0.05) is 14.7 Å². The second-order valence-corrected chi connectivity index (χ2v) is 7.87. The van der Waals surface area contributed by atoms with E-state index >= 15 is 0 Å². The van der Waals surface area contributed by atoms with Gasteiger partial charge >= 0.3 is 11.9 Å². The number of rotatable bonds is 5. The number of carbonyl (C=O) groups is 2. The number of aromatic nitrogens is 3. The molecule has 0 spiro atoms. The molecule has 158 valence electrons. The Hall–Kier alpha value is -3.86. The Kier molecular flexibility index (Phi) is 5.82. The predicted molar refractivity (Wildman–Crippen MR) is 124 cm³/mol. The van der Waals surface area contributed by atoms with Gasteiger partial charge in [-0.2, -0.15) is 0 Å². The van der Waals surface area contributed by atoms with Crippen LogP contribution in [-0.2, 0) is 0 Å². The molecule has 0 bridgehead atoms. The second kappa shape index (κ2) is 8.71. The summed E-state index contributed by atoms with van der Waals surface area (Å²) in [5.41, 5.74) is 0.853. The molecule has 4 aromatic rings. The Bertz CT molecular complexity index is 1280. The number of hydrogen-bond acceptors (Lipinski definition) is 6. The zero-order valence-electron chi connectivity index (χ0n) is 16.2. The van der Waals surface area contributed by atoms with Gasteiger partial charge in [-0.15, -0.1) is 0 Å². The van der Waals surface area contributed by atoms with Crippen molar-refractivity contribution in [3.63, 3.8) is 0 Å². The highest BCUT2D eigenvalue weighted by molar-refractivity contribution is 14.1. The van der Waals surface area contributed by atoms with Gasteiger partial charge in [-0.05, 0) is 59.0 Å². The maximum Gasteiger partial charge on any atom is 0.335 e. The largest absolute Gasteiger partial charge is 0.507 e. The van der Waals surface area contributed by atoms with Gasteiger partial charge in [0.05, 0.1) is 16.7 Å². The van der Waals surface area contributed by atoms with Crippen molar-refractivity contribution in [3.8, 4) is 39.9 Å². The number of hydrogen-bond donors (Lipinski definition) is 3. The number of nitrogens with zero attached hydrogens (tertiary/aromatic N) is 3. The van der Waals surface area contributed by atoms with Crippen molar-refractivity contribution in [2.45, 2.75) is 0 Å². The van der Waals surface area contributed by atoms with Gasteiger partial charge in [-0.3, -0.25) is 0 Å². The normalized spacial score (nSPS) is 10.7. The Morgan fingerprint density at radius 1 is 0.688 bits per heavy atom. The van der Waals surface area contributed by atoms with E-state index in [1.165, 1.54) is 18.2 Å². The third-order valence-electron chi connectivity index (χ3n) is 4.58. The van der Waals surface area contributed by atoms with Gasteiger partial charge in [0.2, 0.25) is 0 Å². The van der Waals surface area contributed by atoms with Crippen LogP contribution in [-0.4, -0.2) is 42.2 Å². The van der Waals surface area contributed by atoms with E-state index in [4.69, 9.17) is 0 Å². The molecule has 0 aliphatic rings. The Labute approximate surface area is 195 Å². The maximum atomic E-state index is 11.5. The first kappa shape index (κ1) is 21.4.